The Morgan fingerprint density at radius 1 is 0.700 bits per heavy atom. The van der Waals surface area contributed by atoms with E-state index < -0.39 is 23.3 Å². The Kier molecular flexibility index (Phi) is 7.99. The van der Waals surface area contributed by atoms with Crippen LogP contribution in [0.25, 0.3) is 21.9 Å². The van der Waals surface area contributed by atoms with Gasteiger partial charge in [-0.15, -0.1) is 0 Å². The lowest BCUT2D eigenvalue weighted by molar-refractivity contribution is 0.0598. The highest BCUT2D eigenvalue weighted by Gasteiger charge is 2.33. The molecule has 0 aliphatic heterocycles. The number of benzene rings is 4. The van der Waals surface area contributed by atoms with E-state index in [4.69, 9.17) is 28.4 Å². The van der Waals surface area contributed by atoms with E-state index in [-0.39, 0.29) is 50.3 Å². The molecule has 0 aliphatic rings. The molecule has 0 radical (unpaired) electrons. The molecule has 0 aromatic heterocycles. The van der Waals surface area contributed by atoms with E-state index in [0.717, 1.165) is 19.2 Å². The van der Waals surface area contributed by atoms with Crippen molar-refractivity contribution in [3.63, 3.8) is 0 Å². The fourth-order valence-corrected chi connectivity index (χ4v) is 4.65. The number of aromatic hydroxyl groups is 1. The van der Waals surface area contributed by atoms with Crippen LogP contribution in [-0.4, -0.2) is 59.5 Å². The number of phenols is 1. The molecule has 9 nitrogen and oxygen atoms in total. The summed E-state index contributed by atoms with van der Waals surface area (Å²) in [5, 5.41) is 12.0. The maximum atomic E-state index is 13.9. The number of ether oxygens (including phenoxy) is 6. The Morgan fingerprint density at radius 2 is 1.32 bits per heavy atom. The van der Waals surface area contributed by atoms with Crippen LogP contribution < -0.4 is 23.7 Å². The number of hydrogen-bond acceptors (Lipinski definition) is 9. The molecular formula is C30H27FO9. The zero-order valence-corrected chi connectivity index (χ0v) is 22.7. The molecule has 0 heterocycles. The second-order valence-corrected chi connectivity index (χ2v) is 8.44. The molecule has 4 rings (SSSR count). The summed E-state index contributed by atoms with van der Waals surface area (Å²) < 4.78 is 46.4. The first-order chi connectivity index (χ1) is 19.3. The molecule has 0 atom stereocenters. The summed E-state index contributed by atoms with van der Waals surface area (Å²) in [6, 6.07) is 11.1. The highest BCUT2D eigenvalue weighted by atomic mass is 19.1. The lowest BCUT2D eigenvalue weighted by Crippen LogP contribution is -2.15. The van der Waals surface area contributed by atoms with E-state index in [2.05, 4.69) is 0 Å². The highest BCUT2D eigenvalue weighted by Crippen LogP contribution is 2.52. The van der Waals surface area contributed by atoms with Gasteiger partial charge in [-0.1, -0.05) is 6.07 Å². The van der Waals surface area contributed by atoms with Crippen molar-refractivity contribution in [3.05, 3.63) is 71.0 Å². The van der Waals surface area contributed by atoms with E-state index in [9.17, 15) is 19.1 Å². The predicted octanol–water partition coefficient (Wildman–Crippen LogP) is 5.41. The molecule has 0 fully saturated rings. The standard InChI is InChI=1S/C30H27FO9/c1-35-19-12-9-16(13-20(19)36-2)22-23-18(14-21(37-3)28(38-4)29(23)39-5)27(33)25(24(22)30(34)40-6)26(32)15-7-10-17(31)11-8-15/h7-14,33H,1-6H3. The van der Waals surface area contributed by atoms with Gasteiger partial charge in [-0.05, 0) is 48.0 Å². The monoisotopic (exact) mass is 550 g/mol. The smallest absolute Gasteiger partial charge is 0.339 e. The van der Waals surface area contributed by atoms with Gasteiger partial charge < -0.3 is 33.5 Å². The number of fused-ring (bicyclic) bond motifs is 1. The normalized spacial score (nSPS) is 10.7. The number of halogens is 1. The van der Waals surface area contributed by atoms with Crippen molar-refractivity contribution >= 4 is 22.5 Å². The van der Waals surface area contributed by atoms with Crippen LogP contribution >= 0.6 is 0 Å². The molecule has 0 saturated heterocycles. The molecular weight excluding hydrogens is 523 g/mol. The molecule has 0 saturated carbocycles. The number of carbonyl (C=O) groups excluding carboxylic acids is 2. The number of carbonyl (C=O) groups is 2. The van der Waals surface area contributed by atoms with Crippen LogP contribution in [0.1, 0.15) is 26.3 Å². The molecule has 4 aromatic rings. The Labute approximate surface area is 229 Å². The summed E-state index contributed by atoms with van der Waals surface area (Å²) >= 11 is 0. The first-order valence-electron chi connectivity index (χ1n) is 11.9. The highest BCUT2D eigenvalue weighted by molar-refractivity contribution is 6.24. The van der Waals surface area contributed by atoms with Crippen molar-refractivity contribution in [2.75, 3.05) is 42.7 Å². The van der Waals surface area contributed by atoms with E-state index in [0.29, 0.717) is 17.1 Å². The van der Waals surface area contributed by atoms with Gasteiger partial charge in [0, 0.05) is 21.9 Å². The number of hydrogen-bond donors (Lipinski definition) is 1. The Hall–Kier alpha value is -4.99. The van der Waals surface area contributed by atoms with Crippen LogP contribution in [0.5, 0.6) is 34.5 Å². The van der Waals surface area contributed by atoms with Crippen LogP contribution in [0.15, 0.2) is 48.5 Å². The zero-order valence-electron chi connectivity index (χ0n) is 22.7. The van der Waals surface area contributed by atoms with Crippen molar-refractivity contribution in [1.29, 1.82) is 0 Å². The van der Waals surface area contributed by atoms with Gasteiger partial charge in [0.05, 0.1) is 53.8 Å². The van der Waals surface area contributed by atoms with E-state index >= 15 is 0 Å². The Morgan fingerprint density at radius 3 is 1.88 bits per heavy atom. The first kappa shape index (κ1) is 28.0. The number of methoxy groups -OCH3 is 6. The quantitative estimate of drug-likeness (QED) is 0.216. The fourth-order valence-electron chi connectivity index (χ4n) is 4.65. The lowest BCUT2D eigenvalue weighted by Gasteiger charge is -2.22. The minimum absolute atomic E-state index is 0.0342. The molecule has 1 N–H and O–H groups in total. The molecule has 10 heteroatoms. The first-order valence-corrected chi connectivity index (χ1v) is 11.9. The number of phenolic OH excluding ortho intramolecular Hbond substituents is 1. The van der Waals surface area contributed by atoms with E-state index in [1.807, 2.05) is 0 Å². The molecule has 0 bridgehead atoms. The van der Waals surface area contributed by atoms with Crippen LogP contribution in [0, 0.1) is 5.82 Å². The maximum Gasteiger partial charge on any atom is 0.339 e. The molecule has 0 amide bonds. The second kappa shape index (κ2) is 11.4. The summed E-state index contributed by atoms with van der Waals surface area (Å²) in [6.45, 7) is 0. The van der Waals surface area contributed by atoms with Gasteiger partial charge in [-0.3, -0.25) is 4.79 Å². The molecule has 208 valence electrons. The van der Waals surface area contributed by atoms with Crippen molar-refractivity contribution < 1.29 is 47.5 Å². The van der Waals surface area contributed by atoms with Crippen molar-refractivity contribution in [3.8, 4) is 45.6 Å². The summed E-state index contributed by atoms with van der Waals surface area (Å²) in [5.41, 5.74) is 0.0158. The van der Waals surface area contributed by atoms with Crippen LogP contribution in [-0.2, 0) is 4.74 Å². The van der Waals surface area contributed by atoms with E-state index in [1.165, 1.54) is 53.7 Å². The van der Waals surface area contributed by atoms with Crippen molar-refractivity contribution in [2.24, 2.45) is 0 Å². The Balaban J connectivity index is 2.30. The van der Waals surface area contributed by atoms with Crippen molar-refractivity contribution in [2.45, 2.75) is 0 Å². The lowest BCUT2D eigenvalue weighted by atomic mass is 9.85. The van der Waals surface area contributed by atoms with E-state index in [1.54, 1.807) is 18.2 Å². The van der Waals surface area contributed by atoms with Gasteiger partial charge in [0.25, 0.3) is 0 Å². The van der Waals surface area contributed by atoms with Gasteiger partial charge in [-0.25, -0.2) is 9.18 Å². The summed E-state index contributed by atoms with van der Waals surface area (Å²) in [7, 11) is 8.29. The minimum Gasteiger partial charge on any atom is -0.506 e. The predicted molar refractivity (Wildman–Crippen MR) is 145 cm³/mol. The molecule has 0 aliphatic carbocycles. The molecule has 40 heavy (non-hydrogen) atoms. The van der Waals surface area contributed by atoms with Gasteiger partial charge in [0.15, 0.2) is 28.8 Å². The fraction of sp³-hybridized carbons (Fsp3) is 0.200. The number of rotatable bonds is 9. The maximum absolute atomic E-state index is 13.9. The van der Waals surface area contributed by atoms with Crippen molar-refractivity contribution in [1.82, 2.24) is 0 Å². The zero-order chi connectivity index (χ0) is 29.1. The van der Waals surface area contributed by atoms with Gasteiger partial charge in [0.1, 0.15) is 11.6 Å². The molecule has 0 spiro atoms. The third-order valence-corrected chi connectivity index (χ3v) is 6.47. The summed E-state index contributed by atoms with van der Waals surface area (Å²) in [4.78, 5) is 27.4. The van der Waals surface area contributed by atoms with Crippen LogP contribution in [0.2, 0.25) is 0 Å². The third kappa shape index (κ3) is 4.57. The van der Waals surface area contributed by atoms with Gasteiger partial charge in [0.2, 0.25) is 5.75 Å². The van der Waals surface area contributed by atoms with Crippen LogP contribution in [0.3, 0.4) is 0 Å². The molecule has 0 unspecified atom stereocenters. The van der Waals surface area contributed by atoms with Gasteiger partial charge in [-0.2, -0.15) is 0 Å². The summed E-state index contributed by atoms with van der Waals surface area (Å²) in [6.07, 6.45) is 0. The SMILES string of the molecule is COC(=O)c1c(C(=O)c2ccc(F)cc2)c(O)c2cc(OC)c(OC)c(OC)c2c1-c1ccc(OC)c(OC)c1. The topological polar surface area (TPSA) is 110 Å². The Bertz CT molecular complexity index is 1610. The average molecular weight is 551 g/mol. The second-order valence-electron chi connectivity index (χ2n) is 8.44. The summed E-state index contributed by atoms with van der Waals surface area (Å²) in [5.74, 6) is -1.47. The number of ketones is 1. The molecule has 4 aromatic carbocycles. The third-order valence-electron chi connectivity index (χ3n) is 6.47. The largest absolute Gasteiger partial charge is 0.506 e. The number of esters is 1. The van der Waals surface area contributed by atoms with Crippen LogP contribution in [0.4, 0.5) is 4.39 Å². The minimum atomic E-state index is -0.913. The van der Waals surface area contributed by atoms with Gasteiger partial charge >= 0.3 is 5.97 Å². The average Bonchev–Trinajstić information content (AvgIpc) is 2.99.